The van der Waals surface area contributed by atoms with Crippen molar-refractivity contribution < 1.29 is 9.63 Å². The van der Waals surface area contributed by atoms with Gasteiger partial charge in [0.15, 0.2) is 0 Å². The van der Waals surface area contributed by atoms with Crippen molar-refractivity contribution in [1.29, 1.82) is 0 Å². The summed E-state index contributed by atoms with van der Waals surface area (Å²) in [6, 6.07) is 8.03. The monoisotopic (exact) mass is 315 g/mol. The van der Waals surface area contributed by atoms with Crippen molar-refractivity contribution in [2.75, 3.05) is 0 Å². The van der Waals surface area contributed by atoms with Crippen LogP contribution in [0.25, 0.3) is 6.08 Å². The number of nitrogens with zero attached hydrogens (tertiary/aromatic N) is 1. The van der Waals surface area contributed by atoms with E-state index in [4.69, 9.17) is 4.84 Å². The Morgan fingerprint density at radius 3 is 2.43 bits per heavy atom. The lowest BCUT2D eigenvalue weighted by Crippen LogP contribution is -2.58. The molecule has 1 aromatic rings. The number of aryl methyl sites for hydroxylation is 1. The van der Waals surface area contributed by atoms with Crippen LogP contribution in [0, 0.1) is 0 Å². The molecule has 3 heteroatoms. The van der Waals surface area contributed by atoms with Crippen LogP contribution in [-0.4, -0.2) is 22.1 Å². The van der Waals surface area contributed by atoms with E-state index in [9.17, 15) is 4.79 Å². The van der Waals surface area contributed by atoms with Crippen LogP contribution in [0.4, 0.5) is 0 Å². The van der Waals surface area contributed by atoms with Crippen LogP contribution in [-0.2, 0) is 16.1 Å². The van der Waals surface area contributed by atoms with Gasteiger partial charge in [-0.2, -0.15) is 0 Å². The molecule has 1 fully saturated rings. The molecule has 1 saturated heterocycles. The maximum atomic E-state index is 12.4. The summed E-state index contributed by atoms with van der Waals surface area (Å²) >= 11 is 0. The minimum atomic E-state index is -0.160. The van der Waals surface area contributed by atoms with Crippen molar-refractivity contribution >= 4 is 12.0 Å². The molecule has 1 aromatic carbocycles. The summed E-state index contributed by atoms with van der Waals surface area (Å²) < 4.78 is 0. The van der Waals surface area contributed by atoms with Gasteiger partial charge in [-0.3, -0.25) is 4.79 Å². The highest BCUT2D eigenvalue weighted by atomic mass is 16.7. The summed E-state index contributed by atoms with van der Waals surface area (Å²) in [5, 5.41) is 1.92. The summed E-state index contributed by atoms with van der Waals surface area (Å²) in [4.78, 5) is 18.2. The summed E-state index contributed by atoms with van der Waals surface area (Å²) in [6.07, 6.45) is 6.15. The Morgan fingerprint density at radius 2 is 1.83 bits per heavy atom. The normalized spacial score (nSPS) is 20.0. The number of hydroxylamine groups is 2. The van der Waals surface area contributed by atoms with Gasteiger partial charge in [0.05, 0.1) is 17.5 Å². The highest BCUT2D eigenvalue weighted by molar-refractivity contribution is 5.70. The molecule has 0 spiro atoms. The van der Waals surface area contributed by atoms with Crippen LogP contribution < -0.4 is 0 Å². The van der Waals surface area contributed by atoms with Crippen molar-refractivity contribution in [3.05, 3.63) is 42.0 Å². The average Bonchev–Trinajstić information content (AvgIpc) is 2.49. The van der Waals surface area contributed by atoms with Crippen molar-refractivity contribution in [3.8, 4) is 0 Å². The molecule has 0 aliphatic carbocycles. The summed E-state index contributed by atoms with van der Waals surface area (Å²) in [5.74, 6) is -0.160. The lowest BCUT2D eigenvalue weighted by Gasteiger charge is -2.50. The molecular formula is C20H29NO2. The van der Waals surface area contributed by atoms with E-state index in [2.05, 4.69) is 34.3 Å². The zero-order valence-electron chi connectivity index (χ0n) is 14.9. The maximum absolute atomic E-state index is 12.4. The molecular weight excluding hydrogens is 286 g/mol. The molecule has 0 bridgehead atoms. The third-order valence-corrected chi connectivity index (χ3v) is 4.74. The first-order valence-electron chi connectivity index (χ1n) is 8.48. The highest BCUT2D eigenvalue weighted by Gasteiger charge is 2.44. The summed E-state index contributed by atoms with van der Waals surface area (Å²) in [6.45, 7) is 12.4. The van der Waals surface area contributed by atoms with Crippen LogP contribution in [0.5, 0.6) is 0 Å². The molecule has 0 atom stereocenters. The van der Waals surface area contributed by atoms with Crippen LogP contribution in [0.3, 0.4) is 0 Å². The number of carbonyl (C=O) groups is 1. The second-order valence-corrected chi connectivity index (χ2v) is 7.64. The minimum Gasteiger partial charge on any atom is -0.367 e. The third-order valence-electron chi connectivity index (χ3n) is 4.74. The number of hydrogen-bond acceptors (Lipinski definition) is 3. The number of hydrogen-bond donors (Lipinski definition) is 0. The molecule has 126 valence electrons. The van der Waals surface area contributed by atoms with E-state index in [1.54, 1.807) is 0 Å². The molecule has 0 amide bonds. The predicted molar refractivity (Wildman–Crippen MR) is 94.8 cm³/mol. The van der Waals surface area contributed by atoms with Gasteiger partial charge in [-0.1, -0.05) is 36.9 Å². The fourth-order valence-corrected chi connectivity index (χ4v) is 3.57. The first-order chi connectivity index (χ1) is 10.8. The van der Waals surface area contributed by atoms with Gasteiger partial charge in [0.2, 0.25) is 0 Å². The Bertz CT molecular complexity index is 559. The standard InChI is InChI=1S/C20H29NO2/c1-6-16-10-7-8-11-17(16)12-13-18(22)23-21-19(2,3)14-9-15-20(21,4)5/h6-8,10-11H,1,9,12-15H2,2-5H3. The molecule has 2 rings (SSSR count). The molecule has 3 nitrogen and oxygen atoms in total. The second kappa shape index (κ2) is 6.88. The number of piperidine rings is 1. The SMILES string of the molecule is C=Cc1ccccc1CCC(=O)ON1C(C)(C)CCCC1(C)C. The quantitative estimate of drug-likeness (QED) is 0.784. The van der Waals surface area contributed by atoms with E-state index < -0.39 is 0 Å². The first kappa shape index (κ1) is 17.7. The Hall–Kier alpha value is -1.61. The van der Waals surface area contributed by atoms with Crippen LogP contribution >= 0.6 is 0 Å². The topological polar surface area (TPSA) is 29.5 Å². The van der Waals surface area contributed by atoms with Gasteiger partial charge in [-0.05, 0) is 64.5 Å². The highest BCUT2D eigenvalue weighted by Crippen LogP contribution is 2.38. The van der Waals surface area contributed by atoms with E-state index >= 15 is 0 Å². The van der Waals surface area contributed by atoms with E-state index in [0.29, 0.717) is 12.8 Å². The Morgan fingerprint density at radius 1 is 1.22 bits per heavy atom. The van der Waals surface area contributed by atoms with Crippen LogP contribution in [0.15, 0.2) is 30.8 Å². The van der Waals surface area contributed by atoms with Crippen molar-refractivity contribution in [3.63, 3.8) is 0 Å². The van der Waals surface area contributed by atoms with Gasteiger partial charge >= 0.3 is 5.97 Å². The Labute approximate surface area is 140 Å². The summed E-state index contributed by atoms with van der Waals surface area (Å²) in [7, 11) is 0. The number of carbonyl (C=O) groups excluding carboxylic acids is 1. The van der Waals surface area contributed by atoms with Crippen molar-refractivity contribution in [1.82, 2.24) is 5.06 Å². The van der Waals surface area contributed by atoms with Gasteiger partial charge in [-0.25, -0.2) is 0 Å². The molecule has 23 heavy (non-hydrogen) atoms. The lowest BCUT2D eigenvalue weighted by molar-refractivity contribution is -0.265. The van der Waals surface area contributed by atoms with E-state index in [0.717, 1.165) is 24.0 Å². The third kappa shape index (κ3) is 4.23. The molecule has 1 heterocycles. The zero-order chi connectivity index (χ0) is 17.1. The Kier molecular flexibility index (Phi) is 5.30. The lowest BCUT2D eigenvalue weighted by atomic mass is 9.82. The van der Waals surface area contributed by atoms with Crippen LogP contribution in [0.1, 0.15) is 64.5 Å². The van der Waals surface area contributed by atoms with Gasteiger partial charge in [0.25, 0.3) is 0 Å². The second-order valence-electron chi connectivity index (χ2n) is 7.64. The van der Waals surface area contributed by atoms with Gasteiger partial charge < -0.3 is 4.84 Å². The smallest absolute Gasteiger partial charge is 0.325 e. The fraction of sp³-hybridized carbons (Fsp3) is 0.550. The molecule has 0 N–H and O–H groups in total. The number of benzene rings is 1. The predicted octanol–water partition coefficient (Wildman–Crippen LogP) is 4.76. The van der Waals surface area contributed by atoms with E-state index in [1.807, 2.05) is 35.4 Å². The van der Waals surface area contributed by atoms with Crippen LogP contribution in [0.2, 0.25) is 0 Å². The van der Waals surface area contributed by atoms with Gasteiger partial charge in [0, 0.05) is 0 Å². The van der Waals surface area contributed by atoms with Crippen molar-refractivity contribution in [2.45, 2.75) is 70.9 Å². The summed E-state index contributed by atoms with van der Waals surface area (Å²) in [5.41, 5.74) is 1.99. The molecule has 0 saturated carbocycles. The minimum absolute atomic E-state index is 0.115. The largest absolute Gasteiger partial charge is 0.367 e. The van der Waals surface area contributed by atoms with Gasteiger partial charge in [0.1, 0.15) is 0 Å². The first-order valence-corrected chi connectivity index (χ1v) is 8.48. The molecule has 1 aliphatic heterocycles. The fourth-order valence-electron chi connectivity index (χ4n) is 3.57. The molecule has 0 unspecified atom stereocenters. The van der Waals surface area contributed by atoms with E-state index in [-0.39, 0.29) is 17.0 Å². The van der Waals surface area contributed by atoms with Crippen molar-refractivity contribution in [2.24, 2.45) is 0 Å². The van der Waals surface area contributed by atoms with Gasteiger partial charge in [-0.15, -0.1) is 5.06 Å². The maximum Gasteiger partial charge on any atom is 0.325 e. The zero-order valence-corrected chi connectivity index (χ0v) is 14.9. The van der Waals surface area contributed by atoms with E-state index in [1.165, 1.54) is 6.42 Å². The average molecular weight is 315 g/mol. The molecule has 0 aromatic heterocycles. The molecule has 0 radical (unpaired) electrons. The number of rotatable bonds is 5. The molecule has 1 aliphatic rings. The Balaban J connectivity index is 2.00.